The van der Waals surface area contributed by atoms with Crippen LogP contribution in [0.5, 0.6) is 0 Å². The van der Waals surface area contributed by atoms with Gasteiger partial charge in [0.2, 0.25) is 0 Å². The maximum Gasteiger partial charge on any atom is 0.295 e. The second-order valence-corrected chi connectivity index (χ2v) is 8.17. The van der Waals surface area contributed by atoms with E-state index in [9.17, 15) is 14.7 Å². The Kier molecular flexibility index (Phi) is 5.33. The third-order valence-electron chi connectivity index (χ3n) is 5.51. The van der Waals surface area contributed by atoms with Gasteiger partial charge in [-0.2, -0.15) is 0 Å². The Labute approximate surface area is 168 Å². The van der Waals surface area contributed by atoms with Gasteiger partial charge >= 0.3 is 0 Å². The molecular weight excluding hydrogens is 374 g/mol. The lowest BCUT2D eigenvalue weighted by Gasteiger charge is -2.23. The number of carbonyl (C=O) groups excluding carboxylic acids is 2. The largest absolute Gasteiger partial charge is 0.507 e. The first kappa shape index (κ1) is 18.9. The summed E-state index contributed by atoms with van der Waals surface area (Å²) in [4.78, 5) is 27.9. The Morgan fingerprint density at radius 2 is 2.00 bits per heavy atom. The maximum atomic E-state index is 12.8. The molecule has 1 unspecified atom stereocenters. The number of Topliss-reactive ketones (excluding diaryl/α,β-unsaturated/α-hetero) is 1. The third-order valence-corrected chi connectivity index (χ3v) is 6.44. The number of carbonyl (C=O) groups is 2. The highest BCUT2D eigenvalue weighted by atomic mass is 32.1. The Morgan fingerprint density at radius 1 is 1.21 bits per heavy atom. The minimum Gasteiger partial charge on any atom is -0.507 e. The number of methoxy groups -OCH3 is 1. The smallest absolute Gasteiger partial charge is 0.295 e. The Hall–Kier alpha value is -2.44. The van der Waals surface area contributed by atoms with E-state index in [1.165, 1.54) is 33.8 Å². The predicted molar refractivity (Wildman–Crippen MR) is 108 cm³/mol. The number of likely N-dealkylation sites (tertiary alicyclic amines) is 1. The van der Waals surface area contributed by atoms with Gasteiger partial charge in [0, 0.05) is 24.1 Å². The van der Waals surface area contributed by atoms with E-state index in [4.69, 9.17) is 4.74 Å². The number of aliphatic hydroxyl groups is 1. The van der Waals surface area contributed by atoms with Crippen LogP contribution in [0.3, 0.4) is 0 Å². The number of aryl methyl sites for hydroxylation is 2. The van der Waals surface area contributed by atoms with Crippen molar-refractivity contribution in [3.63, 3.8) is 0 Å². The molecule has 1 amide bonds. The van der Waals surface area contributed by atoms with Crippen LogP contribution in [-0.2, 0) is 27.2 Å². The van der Waals surface area contributed by atoms with Gasteiger partial charge in [-0.3, -0.25) is 9.59 Å². The topological polar surface area (TPSA) is 66.8 Å². The van der Waals surface area contributed by atoms with Gasteiger partial charge in [0.25, 0.3) is 11.7 Å². The molecule has 1 aliphatic carbocycles. The van der Waals surface area contributed by atoms with Crippen molar-refractivity contribution in [3.05, 3.63) is 62.9 Å². The molecule has 1 fully saturated rings. The number of ether oxygens (including phenoxy) is 1. The number of aliphatic hydroxyl groups excluding tert-OH is 1. The van der Waals surface area contributed by atoms with Crippen molar-refractivity contribution in [1.29, 1.82) is 0 Å². The van der Waals surface area contributed by atoms with E-state index in [2.05, 4.69) is 0 Å². The highest BCUT2D eigenvalue weighted by Crippen LogP contribution is 2.41. The van der Waals surface area contributed by atoms with Crippen LogP contribution in [0, 0.1) is 0 Å². The zero-order valence-corrected chi connectivity index (χ0v) is 16.6. The molecule has 0 bridgehead atoms. The maximum absolute atomic E-state index is 12.8. The van der Waals surface area contributed by atoms with E-state index >= 15 is 0 Å². The number of amides is 1. The normalized spacial score (nSPS) is 21.2. The molecular formula is C22H23NO4S. The quantitative estimate of drug-likeness (QED) is 0.475. The molecule has 1 aliphatic heterocycles. The van der Waals surface area contributed by atoms with E-state index in [0.29, 0.717) is 18.7 Å². The van der Waals surface area contributed by atoms with Crippen LogP contribution >= 0.6 is 11.3 Å². The number of ketones is 1. The lowest BCUT2D eigenvalue weighted by molar-refractivity contribution is -0.140. The Balaban J connectivity index is 1.80. The molecule has 2 aliphatic rings. The van der Waals surface area contributed by atoms with Gasteiger partial charge in [-0.25, -0.2) is 0 Å². The molecule has 1 atom stereocenters. The minimum atomic E-state index is -0.635. The summed E-state index contributed by atoms with van der Waals surface area (Å²) in [6, 6.07) is 9.05. The number of hydrogen-bond acceptors (Lipinski definition) is 5. The van der Waals surface area contributed by atoms with E-state index in [1.807, 2.05) is 35.7 Å². The van der Waals surface area contributed by atoms with Crippen LogP contribution in [0.4, 0.5) is 0 Å². The standard InChI is InChI=1S/C22H23NO4S/c1-27-11-10-23-19(17-7-4-12-28-17)18(21(25)22(23)26)20(24)16-9-8-14-5-2-3-6-15(14)13-16/h4,7-9,12-13,19,24H,2-3,5-6,10-11H2,1H3/b20-18-. The fraction of sp³-hybridized carbons (Fsp3) is 0.364. The SMILES string of the molecule is COCCN1C(=O)C(=O)/C(=C(\O)c2ccc3c(c2)CCCC3)C1c1cccs1. The molecule has 2 heterocycles. The zero-order valence-electron chi connectivity index (χ0n) is 15.8. The van der Waals surface area contributed by atoms with Crippen molar-refractivity contribution in [2.24, 2.45) is 0 Å². The van der Waals surface area contributed by atoms with Gasteiger partial charge in [0.15, 0.2) is 0 Å². The average Bonchev–Trinajstić information content (AvgIpc) is 3.33. The average molecular weight is 397 g/mol. The molecule has 4 rings (SSSR count). The van der Waals surface area contributed by atoms with Crippen LogP contribution in [0.25, 0.3) is 5.76 Å². The van der Waals surface area contributed by atoms with Crippen LogP contribution in [0.2, 0.25) is 0 Å². The van der Waals surface area contributed by atoms with E-state index in [-0.39, 0.29) is 11.3 Å². The molecule has 6 heteroatoms. The Morgan fingerprint density at radius 3 is 2.71 bits per heavy atom. The molecule has 0 radical (unpaired) electrons. The lowest BCUT2D eigenvalue weighted by Crippen LogP contribution is -2.32. The highest BCUT2D eigenvalue weighted by molar-refractivity contribution is 7.10. The minimum absolute atomic E-state index is 0.0926. The summed E-state index contributed by atoms with van der Waals surface area (Å²) in [5.74, 6) is -1.32. The van der Waals surface area contributed by atoms with Gasteiger partial charge in [-0.1, -0.05) is 18.2 Å². The first-order valence-electron chi connectivity index (χ1n) is 9.54. The molecule has 5 nitrogen and oxygen atoms in total. The monoisotopic (exact) mass is 397 g/mol. The summed E-state index contributed by atoms with van der Waals surface area (Å²) in [7, 11) is 1.56. The fourth-order valence-electron chi connectivity index (χ4n) is 4.08. The van der Waals surface area contributed by atoms with Gasteiger partial charge in [0.1, 0.15) is 5.76 Å². The second-order valence-electron chi connectivity index (χ2n) is 7.19. The first-order valence-corrected chi connectivity index (χ1v) is 10.4. The van der Waals surface area contributed by atoms with Crippen molar-refractivity contribution in [3.8, 4) is 0 Å². The lowest BCUT2D eigenvalue weighted by atomic mass is 9.89. The van der Waals surface area contributed by atoms with Crippen LogP contribution in [0.15, 0.2) is 41.3 Å². The van der Waals surface area contributed by atoms with Gasteiger partial charge in [0.05, 0.1) is 18.2 Å². The molecule has 0 spiro atoms. The van der Waals surface area contributed by atoms with Crippen molar-refractivity contribution in [1.82, 2.24) is 4.90 Å². The number of hydrogen-bond donors (Lipinski definition) is 1. The first-order chi connectivity index (χ1) is 13.6. The molecule has 1 N–H and O–H groups in total. The van der Waals surface area contributed by atoms with Crippen molar-refractivity contribution >= 4 is 28.8 Å². The van der Waals surface area contributed by atoms with Gasteiger partial charge in [-0.15, -0.1) is 11.3 Å². The van der Waals surface area contributed by atoms with E-state index in [0.717, 1.165) is 24.1 Å². The number of rotatable bonds is 5. The molecule has 28 heavy (non-hydrogen) atoms. The third kappa shape index (κ3) is 3.27. The summed E-state index contributed by atoms with van der Waals surface area (Å²) in [5, 5.41) is 13.0. The number of benzene rings is 1. The molecule has 0 saturated carbocycles. The second kappa shape index (κ2) is 7.89. The summed E-state index contributed by atoms with van der Waals surface area (Å²) in [6.07, 6.45) is 4.34. The van der Waals surface area contributed by atoms with Gasteiger partial charge in [-0.05, 0) is 54.3 Å². The molecule has 146 valence electrons. The fourth-order valence-corrected chi connectivity index (χ4v) is 4.92. The molecule has 1 aromatic carbocycles. The summed E-state index contributed by atoms with van der Waals surface area (Å²) in [6.45, 7) is 0.623. The summed E-state index contributed by atoms with van der Waals surface area (Å²) in [5.41, 5.74) is 3.29. The summed E-state index contributed by atoms with van der Waals surface area (Å²) < 4.78 is 5.12. The molecule has 1 aromatic heterocycles. The van der Waals surface area contributed by atoms with Crippen molar-refractivity contribution < 1.29 is 19.4 Å². The van der Waals surface area contributed by atoms with Gasteiger partial charge < -0.3 is 14.7 Å². The zero-order chi connectivity index (χ0) is 19.7. The number of fused-ring (bicyclic) bond motifs is 1. The van der Waals surface area contributed by atoms with Crippen molar-refractivity contribution in [2.45, 2.75) is 31.7 Å². The van der Waals surface area contributed by atoms with E-state index in [1.54, 1.807) is 7.11 Å². The van der Waals surface area contributed by atoms with Crippen LogP contribution in [0.1, 0.15) is 40.5 Å². The van der Waals surface area contributed by atoms with Crippen LogP contribution in [-0.4, -0.2) is 42.0 Å². The molecule has 1 saturated heterocycles. The summed E-state index contributed by atoms with van der Waals surface area (Å²) >= 11 is 1.47. The van der Waals surface area contributed by atoms with Crippen LogP contribution < -0.4 is 0 Å². The number of nitrogens with zero attached hydrogens (tertiary/aromatic N) is 1. The molecule has 2 aromatic rings. The van der Waals surface area contributed by atoms with E-state index < -0.39 is 17.7 Å². The predicted octanol–water partition coefficient (Wildman–Crippen LogP) is 3.70. The number of thiophene rings is 1. The highest BCUT2D eigenvalue weighted by Gasteiger charge is 2.46. The van der Waals surface area contributed by atoms with Crippen molar-refractivity contribution in [2.75, 3.05) is 20.3 Å². The Bertz CT molecular complexity index is 932.